The zero-order chi connectivity index (χ0) is 22.2. The SMILES string of the molecule is CC(C)(C)c1ccc(S(=O)(=O)N2CCN(C(=O)c3cc(-c4ccco4)[nH]n3)CC2)cc1. The maximum atomic E-state index is 13.0. The Kier molecular flexibility index (Phi) is 5.49. The molecule has 31 heavy (non-hydrogen) atoms. The molecule has 0 spiro atoms. The van der Waals surface area contributed by atoms with E-state index in [1.165, 1.54) is 4.31 Å². The monoisotopic (exact) mass is 442 g/mol. The molecule has 1 N–H and O–H groups in total. The molecule has 8 nitrogen and oxygen atoms in total. The van der Waals surface area contributed by atoms with E-state index in [0.29, 0.717) is 24.5 Å². The number of hydrogen-bond donors (Lipinski definition) is 1. The van der Waals surface area contributed by atoms with E-state index in [-0.39, 0.29) is 35.0 Å². The number of aromatic nitrogens is 2. The van der Waals surface area contributed by atoms with E-state index in [2.05, 4.69) is 31.0 Å². The van der Waals surface area contributed by atoms with Crippen LogP contribution in [0.4, 0.5) is 0 Å². The van der Waals surface area contributed by atoms with Crippen LogP contribution in [0.25, 0.3) is 11.5 Å². The lowest BCUT2D eigenvalue weighted by molar-refractivity contribution is 0.0692. The quantitative estimate of drug-likeness (QED) is 0.669. The molecule has 1 aliphatic rings. The summed E-state index contributed by atoms with van der Waals surface area (Å²) in [7, 11) is -3.60. The molecule has 164 valence electrons. The molecule has 0 atom stereocenters. The van der Waals surface area contributed by atoms with Crippen molar-refractivity contribution < 1.29 is 17.6 Å². The van der Waals surface area contributed by atoms with Crippen LogP contribution in [-0.2, 0) is 15.4 Å². The molecule has 3 heterocycles. The summed E-state index contributed by atoms with van der Waals surface area (Å²) in [5.41, 5.74) is 1.93. The number of amides is 1. The Balaban J connectivity index is 1.41. The molecule has 1 amide bonds. The van der Waals surface area contributed by atoms with Gasteiger partial charge in [-0.15, -0.1) is 0 Å². The molecule has 1 aromatic carbocycles. The van der Waals surface area contributed by atoms with Crippen LogP contribution >= 0.6 is 0 Å². The number of carbonyl (C=O) groups is 1. The van der Waals surface area contributed by atoms with Gasteiger partial charge >= 0.3 is 0 Å². The summed E-state index contributed by atoms with van der Waals surface area (Å²) in [6.45, 7) is 7.36. The highest BCUT2D eigenvalue weighted by molar-refractivity contribution is 7.89. The second-order valence-corrected chi connectivity index (χ2v) is 10.6. The third-order valence-corrected chi connectivity index (χ3v) is 7.38. The minimum absolute atomic E-state index is 0.0443. The van der Waals surface area contributed by atoms with Crippen LogP contribution in [0.2, 0.25) is 0 Å². The standard InChI is InChI=1S/C22H26N4O4S/c1-22(2,3)16-6-8-17(9-7-16)31(28,29)26-12-10-25(11-13-26)21(27)19-15-18(23-24-19)20-5-4-14-30-20/h4-9,14-15H,10-13H2,1-3H3,(H,23,24). The Labute approximate surface area is 181 Å². The number of rotatable bonds is 4. The van der Waals surface area contributed by atoms with Gasteiger partial charge in [-0.25, -0.2) is 8.42 Å². The van der Waals surface area contributed by atoms with E-state index in [0.717, 1.165) is 5.56 Å². The number of piperazine rings is 1. The Hall–Kier alpha value is -2.91. The highest BCUT2D eigenvalue weighted by atomic mass is 32.2. The van der Waals surface area contributed by atoms with Gasteiger partial charge in [0.05, 0.1) is 11.2 Å². The largest absolute Gasteiger partial charge is 0.463 e. The molecular formula is C22H26N4O4S. The first kappa shape index (κ1) is 21.3. The lowest BCUT2D eigenvalue weighted by atomic mass is 9.87. The van der Waals surface area contributed by atoms with Crippen molar-refractivity contribution in [2.45, 2.75) is 31.1 Å². The van der Waals surface area contributed by atoms with Crippen molar-refractivity contribution >= 4 is 15.9 Å². The number of furan rings is 1. The van der Waals surface area contributed by atoms with Crippen LogP contribution in [0.5, 0.6) is 0 Å². The van der Waals surface area contributed by atoms with E-state index in [1.807, 2.05) is 12.1 Å². The second kappa shape index (κ2) is 7.97. The molecule has 0 unspecified atom stereocenters. The number of H-pyrrole nitrogens is 1. The molecule has 0 bridgehead atoms. The maximum absolute atomic E-state index is 13.0. The predicted molar refractivity (Wildman–Crippen MR) is 116 cm³/mol. The third-order valence-electron chi connectivity index (χ3n) is 5.47. The van der Waals surface area contributed by atoms with Crippen LogP contribution in [0.3, 0.4) is 0 Å². The zero-order valence-corrected chi connectivity index (χ0v) is 18.6. The topological polar surface area (TPSA) is 99.5 Å². The average Bonchev–Trinajstić information content (AvgIpc) is 3.45. The normalized spacial score (nSPS) is 15.9. The predicted octanol–water partition coefficient (Wildman–Crippen LogP) is 3.11. The van der Waals surface area contributed by atoms with Crippen molar-refractivity contribution in [1.82, 2.24) is 19.4 Å². The number of sulfonamides is 1. The Morgan fingerprint density at radius 3 is 2.32 bits per heavy atom. The van der Waals surface area contributed by atoms with Crippen molar-refractivity contribution in [3.63, 3.8) is 0 Å². The summed E-state index contributed by atoms with van der Waals surface area (Å²) in [5.74, 6) is 0.362. The minimum Gasteiger partial charge on any atom is -0.463 e. The summed E-state index contributed by atoms with van der Waals surface area (Å²) >= 11 is 0. The molecule has 0 saturated carbocycles. The van der Waals surface area contributed by atoms with E-state index in [9.17, 15) is 13.2 Å². The number of nitrogens with zero attached hydrogens (tertiary/aromatic N) is 3. The van der Waals surface area contributed by atoms with Crippen LogP contribution in [-0.4, -0.2) is 59.9 Å². The van der Waals surface area contributed by atoms with Gasteiger partial charge in [-0.3, -0.25) is 9.89 Å². The van der Waals surface area contributed by atoms with Crippen LogP contribution < -0.4 is 0 Å². The van der Waals surface area contributed by atoms with Crippen molar-refractivity contribution in [1.29, 1.82) is 0 Å². The van der Waals surface area contributed by atoms with Gasteiger partial charge in [0.15, 0.2) is 11.5 Å². The van der Waals surface area contributed by atoms with Crippen LogP contribution in [0.15, 0.2) is 58.0 Å². The summed E-state index contributed by atoms with van der Waals surface area (Å²) in [4.78, 5) is 14.7. The average molecular weight is 443 g/mol. The van der Waals surface area contributed by atoms with E-state index in [4.69, 9.17) is 4.42 Å². The lowest BCUT2D eigenvalue weighted by Gasteiger charge is -2.33. The summed E-state index contributed by atoms with van der Waals surface area (Å²) in [5, 5.41) is 6.88. The molecule has 1 saturated heterocycles. The first-order valence-corrected chi connectivity index (χ1v) is 11.6. The van der Waals surface area contributed by atoms with Gasteiger partial charge in [0.25, 0.3) is 5.91 Å². The van der Waals surface area contributed by atoms with Crippen molar-refractivity contribution in [2.75, 3.05) is 26.2 Å². The molecule has 1 fully saturated rings. The summed E-state index contributed by atoms with van der Waals surface area (Å²) in [6.07, 6.45) is 1.55. The van der Waals surface area contributed by atoms with Gasteiger partial charge in [0, 0.05) is 32.2 Å². The number of benzene rings is 1. The Morgan fingerprint density at radius 2 is 1.74 bits per heavy atom. The lowest BCUT2D eigenvalue weighted by Crippen LogP contribution is -2.50. The van der Waals surface area contributed by atoms with Gasteiger partial charge in [-0.2, -0.15) is 9.40 Å². The fraction of sp³-hybridized carbons (Fsp3) is 0.364. The summed E-state index contributed by atoms with van der Waals surface area (Å²) < 4.78 is 32.8. The Morgan fingerprint density at radius 1 is 1.06 bits per heavy atom. The molecule has 0 aliphatic carbocycles. The van der Waals surface area contributed by atoms with E-state index in [1.54, 1.807) is 41.5 Å². The summed E-state index contributed by atoms with van der Waals surface area (Å²) in [6, 6.07) is 12.2. The molecular weight excluding hydrogens is 416 g/mol. The first-order chi connectivity index (χ1) is 14.7. The number of hydrogen-bond acceptors (Lipinski definition) is 5. The van der Waals surface area contributed by atoms with Crippen LogP contribution in [0, 0.1) is 0 Å². The maximum Gasteiger partial charge on any atom is 0.274 e. The van der Waals surface area contributed by atoms with Gasteiger partial charge in [0.2, 0.25) is 10.0 Å². The number of carbonyl (C=O) groups excluding carboxylic acids is 1. The molecule has 3 aromatic rings. The second-order valence-electron chi connectivity index (χ2n) is 8.61. The molecule has 1 aliphatic heterocycles. The smallest absolute Gasteiger partial charge is 0.274 e. The molecule has 4 rings (SSSR count). The number of nitrogens with one attached hydrogen (secondary N) is 1. The molecule has 0 radical (unpaired) electrons. The minimum atomic E-state index is -3.60. The van der Waals surface area contributed by atoms with Crippen molar-refractivity contribution in [3.05, 3.63) is 60.0 Å². The van der Waals surface area contributed by atoms with Gasteiger partial charge in [-0.05, 0) is 35.2 Å². The van der Waals surface area contributed by atoms with E-state index < -0.39 is 10.0 Å². The molecule has 9 heteroatoms. The molecule has 2 aromatic heterocycles. The zero-order valence-electron chi connectivity index (χ0n) is 17.8. The Bertz CT molecular complexity index is 1150. The van der Waals surface area contributed by atoms with Gasteiger partial charge in [0.1, 0.15) is 5.69 Å². The third kappa shape index (κ3) is 4.28. The van der Waals surface area contributed by atoms with Crippen LogP contribution in [0.1, 0.15) is 36.8 Å². The fourth-order valence-electron chi connectivity index (χ4n) is 3.56. The van der Waals surface area contributed by atoms with Crippen molar-refractivity contribution in [2.24, 2.45) is 0 Å². The fourth-order valence-corrected chi connectivity index (χ4v) is 4.98. The van der Waals surface area contributed by atoms with E-state index >= 15 is 0 Å². The highest BCUT2D eigenvalue weighted by Gasteiger charge is 2.31. The van der Waals surface area contributed by atoms with Crippen molar-refractivity contribution in [3.8, 4) is 11.5 Å². The van der Waals surface area contributed by atoms with Gasteiger partial charge < -0.3 is 9.32 Å². The van der Waals surface area contributed by atoms with Gasteiger partial charge in [-0.1, -0.05) is 32.9 Å². The first-order valence-electron chi connectivity index (χ1n) is 10.2. The number of aromatic amines is 1. The highest BCUT2D eigenvalue weighted by Crippen LogP contribution is 2.25.